The molecule has 0 saturated heterocycles. The van der Waals surface area contributed by atoms with E-state index in [0.29, 0.717) is 5.92 Å². The molecule has 3 aromatic carbocycles. The van der Waals surface area contributed by atoms with E-state index in [-0.39, 0.29) is 0 Å². The van der Waals surface area contributed by atoms with E-state index in [1.54, 1.807) is 11.3 Å². The van der Waals surface area contributed by atoms with Gasteiger partial charge in [-0.1, -0.05) is 86.7 Å². The van der Waals surface area contributed by atoms with Crippen molar-refractivity contribution in [1.29, 1.82) is 0 Å². The molecule has 5 aromatic rings. The van der Waals surface area contributed by atoms with Gasteiger partial charge in [-0.3, -0.25) is 0 Å². The summed E-state index contributed by atoms with van der Waals surface area (Å²) in [6.07, 6.45) is 5.29. The third-order valence-electron chi connectivity index (χ3n) is 6.52. The fraction of sp³-hybridized carbons (Fsp3) is 0.167. The SMILES string of the molecule is C=[N+]1c2ccc3ccccc3c2C(CC(C)C)=C[C-]1c1cc(C)cc2c3cccnc3[s+][c-]12. The van der Waals surface area contributed by atoms with Crippen molar-refractivity contribution >= 4 is 60.4 Å². The van der Waals surface area contributed by atoms with Crippen LogP contribution in [0.25, 0.3) is 36.6 Å². The number of aromatic nitrogens is 1. The third kappa shape index (κ3) is 3.19. The van der Waals surface area contributed by atoms with Crippen LogP contribution in [0.1, 0.15) is 37.0 Å². The second-order valence-corrected chi connectivity index (χ2v) is 10.4. The number of allylic oxidation sites excluding steroid dienone is 1. The first-order valence-corrected chi connectivity index (χ1v) is 12.3. The molecule has 162 valence electrons. The lowest BCUT2D eigenvalue weighted by Crippen LogP contribution is -2.18. The van der Waals surface area contributed by atoms with Crippen LogP contribution in [-0.4, -0.2) is 16.3 Å². The minimum atomic E-state index is 0.562. The van der Waals surface area contributed by atoms with Gasteiger partial charge in [-0.2, -0.15) is 0 Å². The molecular weight excluding hydrogens is 420 g/mol. The molecule has 0 radical (unpaired) electrons. The number of hydrogen-bond acceptors (Lipinski definition) is 1. The highest BCUT2D eigenvalue weighted by Crippen LogP contribution is 2.46. The van der Waals surface area contributed by atoms with Crippen LogP contribution in [0.5, 0.6) is 0 Å². The van der Waals surface area contributed by atoms with Gasteiger partial charge in [0.15, 0.2) is 11.3 Å². The van der Waals surface area contributed by atoms with Crippen LogP contribution in [0, 0.1) is 18.9 Å². The zero-order valence-electron chi connectivity index (χ0n) is 19.2. The minimum absolute atomic E-state index is 0.562. The highest BCUT2D eigenvalue weighted by Gasteiger charge is 2.26. The molecule has 1 aliphatic rings. The Kier molecular flexibility index (Phi) is 4.63. The van der Waals surface area contributed by atoms with Gasteiger partial charge in [0, 0.05) is 12.9 Å². The molecule has 0 spiro atoms. The van der Waals surface area contributed by atoms with E-state index in [2.05, 4.69) is 97.7 Å². The molecular formula is C30H26N2S. The summed E-state index contributed by atoms with van der Waals surface area (Å²) in [5.41, 5.74) is 6.38. The number of benzene rings is 3. The van der Waals surface area contributed by atoms with Gasteiger partial charge in [0.2, 0.25) is 0 Å². The molecule has 33 heavy (non-hydrogen) atoms. The molecule has 3 heteroatoms. The van der Waals surface area contributed by atoms with Crippen LogP contribution in [0.4, 0.5) is 5.69 Å². The normalized spacial score (nSPS) is 13.9. The molecule has 2 nitrogen and oxygen atoms in total. The smallest absolute Gasteiger partial charge is 0.316 e. The summed E-state index contributed by atoms with van der Waals surface area (Å²) in [6.45, 7) is 11.3. The number of pyridine rings is 1. The van der Waals surface area contributed by atoms with Gasteiger partial charge in [-0.05, 0) is 34.4 Å². The summed E-state index contributed by atoms with van der Waals surface area (Å²) >= 11 is 1.78. The zero-order valence-corrected chi connectivity index (χ0v) is 20.0. The summed E-state index contributed by atoms with van der Waals surface area (Å²) in [5, 5.41) is 5.08. The first-order valence-electron chi connectivity index (χ1n) is 11.5. The Morgan fingerprint density at radius 3 is 2.70 bits per heavy atom. The van der Waals surface area contributed by atoms with Gasteiger partial charge >= 0.3 is 4.83 Å². The Balaban J connectivity index is 1.63. The van der Waals surface area contributed by atoms with E-state index in [4.69, 9.17) is 0 Å². The van der Waals surface area contributed by atoms with E-state index in [0.717, 1.165) is 17.3 Å². The standard InChI is InChI=1S/C30H26N2S/c1-18(2)14-21-17-27(32(4)26-12-11-20-8-5-6-9-22(20)28(21)26)25-16-19(3)15-24-23-10-7-13-31-30(23)33-29(24)25/h5-13,15-18H,4,14H2,1-3H3. The Morgan fingerprint density at radius 1 is 1.03 bits per heavy atom. The lowest BCUT2D eigenvalue weighted by Gasteiger charge is -2.34. The highest BCUT2D eigenvalue weighted by atomic mass is 32.1. The Bertz CT molecular complexity index is 1600. The predicted molar refractivity (Wildman–Crippen MR) is 143 cm³/mol. The molecule has 0 unspecified atom stereocenters. The molecule has 0 aliphatic carbocycles. The molecule has 0 saturated carbocycles. The molecule has 1 aliphatic heterocycles. The maximum atomic E-state index is 4.64. The summed E-state index contributed by atoms with van der Waals surface area (Å²) < 4.78 is 3.42. The van der Waals surface area contributed by atoms with Gasteiger partial charge < -0.3 is 4.58 Å². The second kappa shape index (κ2) is 7.57. The van der Waals surface area contributed by atoms with Crippen molar-refractivity contribution in [3.8, 4) is 0 Å². The maximum absolute atomic E-state index is 4.64. The van der Waals surface area contributed by atoms with E-state index in [1.807, 2.05) is 12.3 Å². The molecule has 0 N–H and O–H groups in total. The van der Waals surface area contributed by atoms with Crippen molar-refractivity contribution in [2.75, 3.05) is 0 Å². The topological polar surface area (TPSA) is 15.9 Å². The summed E-state index contributed by atoms with van der Waals surface area (Å²) in [6, 6.07) is 23.1. The van der Waals surface area contributed by atoms with Crippen LogP contribution in [0.2, 0.25) is 0 Å². The summed E-state index contributed by atoms with van der Waals surface area (Å²) in [7, 11) is 0. The number of aryl methyl sites for hydroxylation is 1. The minimum Gasteiger partial charge on any atom is -0.330 e. The monoisotopic (exact) mass is 446 g/mol. The molecule has 0 bridgehead atoms. The first-order chi connectivity index (χ1) is 16.0. The van der Waals surface area contributed by atoms with E-state index >= 15 is 0 Å². The number of nitrogens with zero attached hydrogens (tertiary/aromatic N) is 2. The number of fused-ring (bicyclic) bond motifs is 6. The van der Waals surface area contributed by atoms with Crippen molar-refractivity contribution in [3.05, 3.63) is 95.7 Å². The Labute approximate surface area is 198 Å². The van der Waals surface area contributed by atoms with Crippen molar-refractivity contribution in [3.63, 3.8) is 0 Å². The van der Waals surface area contributed by atoms with Gasteiger partial charge in [0.25, 0.3) is 0 Å². The quantitative estimate of drug-likeness (QED) is 0.155. The maximum Gasteiger partial charge on any atom is 0.316 e. The predicted octanol–water partition coefficient (Wildman–Crippen LogP) is 8.28. The first kappa shape index (κ1) is 20.2. The van der Waals surface area contributed by atoms with Crippen molar-refractivity contribution in [2.45, 2.75) is 27.2 Å². The molecule has 2 aromatic heterocycles. The average Bonchev–Trinajstić information content (AvgIpc) is 3.18. The Hall–Kier alpha value is -3.43. The van der Waals surface area contributed by atoms with Crippen LogP contribution >= 0.6 is 11.3 Å². The molecule has 0 atom stereocenters. The molecule has 6 rings (SSSR count). The van der Waals surface area contributed by atoms with E-state index < -0.39 is 0 Å². The molecule has 0 fully saturated rings. The van der Waals surface area contributed by atoms with Crippen LogP contribution in [-0.2, 0) is 0 Å². The van der Waals surface area contributed by atoms with Crippen molar-refractivity contribution < 1.29 is 4.58 Å². The van der Waals surface area contributed by atoms with Crippen LogP contribution in [0.15, 0.2) is 72.9 Å². The largest absolute Gasteiger partial charge is 0.330 e. The molecule has 3 heterocycles. The zero-order chi connectivity index (χ0) is 22.7. The fourth-order valence-electron chi connectivity index (χ4n) is 5.14. The van der Waals surface area contributed by atoms with Gasteiger partial charge in [0.05, 0.1) is 11.4 Å². The Morgan fingerprint density at radius 2 is 1.85 bits per heavy atom. The highest BCUT2D eigenvalue weighted by molar-refractivity contribution is 7.25. The van der Waals surface area contributed by atoms with Crippen molar-refractivity contribution in [1.82, 2.24) is 4.98 Å². The van der Waals surface area contributed by atoms with E-state index in [1.165, 1.54) is 54.2 Å². The second-order valence-electron chi connectivity index (χ2n) is 9.41. The summed E-state index contributed by atoms with van der Waals surface area (Å²) in [5.74, 6) is 0.562. The van der Waals surface area contributed by atoms with Gasteiger partial charge in [0.1, 0.15) is 10.4 Å². The molecule has 0 amide bonds. The average molecular weight is 447 g/mol. The lowest BCUT2D eigenvalue weighted by atomic mass is 9.85. The number of hydrogen-bond donors (Lipinski definition) is 0. The number of rotatable bonds is 3. The van der Waals surface area contributed by atoms with Crippen LogP contribution in [0.3, 0.4) is 0 Å². The third-order valence-corrected chi connectivity index (χ3v) is 7.68. The van der Waals surface area contributed by atoms with Gasteiger partial charge in [-0.25, -0.2) is 4.98 Å². The van der Waals surface area contributed by atoms with Crippen LogP contribution < -0.4 is 0 Å². The van der Waals surface area contributed by atoms with Gasteiger partial charge in [-0.15, -0.1) is 17.2 Å². The lowest BCUT2D eigenvalue weighted by molar-refractivity contribution is -0.400. The summed E-state index contributed by atoms with van der Waals surface area (Å²) in [4.78, 5) is 5.73. The fourth-order valence-corrected chi connectivity index (χ4v) is 6.29. The number of thiophene rings is 1. The van der Waals surface area contributed by atoms with E-state index in [9.17, 15) is 0 Å². The van der Waals surface area contributed by atoms with Crippen molar-refractivity contribution in [2.24, 2.45) is 5.92 Å².